The third-order valence-electron chi connectivity index (χ3n) is 3.06. The minimum absolute atomic E-state index is 0.971. The number of halogens is 1. The molecule has 0 radical (unpaired) electrons. The van der Waals surface area contributed by atoms with Crippen LogP contribution in [-0.2, 0) is 0 Å². The predicted octanol–water partition coefficient (Wildman–Crippen LogP) is 4.02. The van der Waals surface area contributed by atoms with Gasteiger partial charge in [-0.25, -0.2) is 9.97 Å². The maximum Gasteiger partial charge on any atom is 0.139 e. The second kappa shape index (κ2) is 6.14. The highest BCUT2D eigenvalue weighted by molar-refractivity contribution is 9.10. The zero-order valence-corrected chi connectivity index (χ0v) is 12.4. The van der Waals surface area contributed by atoms with E-state index in [0.29, 0.717) is 0 Å². The Balaban J connectivity index is 2.46. The fraction of sp³-hybridized carbons (Fsp3) is 0.429. The molecule has 0 spiro atoms. The Bertz CT molecular complexity index is 527. The SMILES string of the molecule is CCCCN(CC)c1ncnc2c(Br)cccc12. The number of nitrogens with zero attached hydrogens (tertiary/aromatic N) is 3. The van der Waals surface area contributed by atoms with Gasteiger partial charge in [0.05, 0.1) is 5.52 Å². The molecule has 0 fully saturated rings. The molecule has 1 heterocycles. The first-order valence-corrected chi connectivity index (χ1v) is 7.21. The van der Waals surface area contributed by atoms with Crippen LogP contribution < -0.4 is 4.90 Å². The van der Waals surface area contributed by atoms with Crippen LogP contribution in [0.3, 0.4) is 0 Å². The Hall–Kier alpha value is -1.16. The molecular weight excluding hydrogens is 290 g/mol. The highest BCUT2D eigenvalue weighted by atomic mass is 79.9. The van der Waals surface area contributed by atoms with E-state index < -0.39 is 0 Å². The number of anilines is 1. The molecule has 1 aromatic heterocycles. The van der Waals surface area contributed by atoms with Crippen molar-refractivity contribution in [3.05, 3.63) is 29.0 Å². The largest absolute Gasteiger partial charge is 0.356 e. The number of fused-ring (bicyclic) bond motifs is 1. The number of hydrogen-bond donors (Lipinski definition) is 0. The van der Waals surface area contributed by atoms with Gasteiger partial charge in [0.2, 0.25) is 0 Å². The summed E-state index contributed by atoms with van der Waals surface area (Å²) in [7, 11) is 0. The van der Waals surface area contributed by atoms with Gasteiger partial charge in [0, 0.05) is 22.9 Å². The quantitative estimate of drug-likeness (QED) is 0.835. The average molecular weight is 308 g/mol. The molecule has 2 rings (SSSR count). The number of unbranched alkanes of at least 4 members (excludes halogenated alkanes) is 1. The van der Waals surface area contributed by atoms with Crippen LogP contribution in [0.15, 0.2) is 29.0 Å². The van der Waals surface area contributed by atoms with Crippen LogP contribution in [0.4, 0.5) is 5.82 Å². The lowest BCUT2D eigenvalue weighted by molar-refractivity contribution is 0.726. The molecule has 0 saturated carbocycles. The zero-order valence-electron chi connectivity index (χ0n) is 10.9. The van der Waals surface area contributed by atoms with Crippen LogP contribution in [0, 0.1) is 0 Å². The van der Waals surface area contributed by atoms with Crippen LogP contribution in [0.25, 0.3) is 10.9 Å². The first kappa shape index (κ1) is 13.3. The molecular formula is C14H18BrN3. The van der Waals surface area contributed by atoms with E-state index in [1.165, 1.54) is 12.8 Å². The van der Waals surface area contributed by atoms with Crippen molar-refractivity contribution >= 4 is 32.7 Å². The lowest BCUT2D eigenvalue weighted by Crippen LogP contribution is -2.25. The lowest BCUT2D eigenvalue weighted by Gasteiger charge is -2.22. The Morgan fingerprint density at radius 2 is 2.06 bits per heavy atom. The van der Waals surface area contributed by atoms with Crippen molar-refractivity contribution < 1.29 is 0 Å². The molecule has 0 aliphatic heterocycles. The molecule has 96 valence electrons. The number of aromatic nitrogens is 2. The van der Waals surface area contributed by atoms with Gasteiger partial charge in [0.15, 0.2) is 0 Å². The number of para-hydroxylation sites is 1. The summed E-state index contributed by atoms with van der Waals surface area (Å²) in [5, 5.41) is 1.12. The van der Waals surface area contributed by atoms with E-state index >= 15 is 0 Å². The highest BCUT2D eigenvalue weighted by Crippen LogP contribution is 2.28. The summed E-state index contributed by atoms with van der Waals surface area (Å²) < 4.78 is 1.02. The van der Waals surface area contributed by atoms with Crippen LogP contribution in [-0.4, -0.2) is 23.1 Å². The first-order valence-electron chi connectivity index (χ1n) is 6.42. The number of benzene rings is 1. The molecule has 4 heteroatoms. The van der Waals surface area contributed by atoms with Crippen molar-refractivity contribution in [3.8, 4) is 0 Å². The molecule has 0 saturated heterocycles. The summed E-state index contributed by atoms with van der Waals surface area (Å²) in [6, 6.07) is 6.14. The Labute approximate surface area is 116 Å². The third-order valence-corrected chi connectivity index (χ3v) is 3.70. The second-order valence-corrected chi connectivity index (χ2v) is 5.12. The van der Waals surface area contributed by atoms with Gasteiger partial charge in [-0.05, 0) is 41.4 Å². The normalized spacial score (nSPS) is 10.8. The van der Waals surface area contributed by atoms with Crippen molar-refractivity contribution in [2.45, 2.75) is 26.7 Å². The fourth-order valence-electron chi connectivity index (χ4n) is 2.05. The Kier molecular flexibility index (Phi) is 4.53. The summed E-state index contributed by atoms with van der Waals surface area (Å²) in [6.45, 7) is 6.40. The third kappa shape index (κ3) is 2.64. The molecule has 0 bridgehead atoms. The summed E-state index contributed by atoms with van der Waals surface area (Å²) in [6.07, 6.45) is 4.04. The van der Waals surface area contributed by atoms with E-state index in [4.69, 9.17) is 0 Å². The van der Waals surface area contributed by atoms with Gasteiger partial charge in [0.25, 0.3) is 0 Å². The van der Waals surface area contributed by atoms with Crippen LogP contribution >= 0.6 is 15.9 Å². The van der Waals surface area contributed by atoms with E-state index in [0.717, 1.165) is 34.3 Å². The smallest absolute Gasteiger partial charge is 0.139 e. The molecule has 0 atom stereocenters. The zero-order chi connectivity index (χ0) is 13.0. The second-order valence-electron chi connectivity index (χ2n) is 4.27. The van der Waals surface area contributed by atoms with Crippen molar-refractivity contribution in [1.29, 1.82) is 0 Å². The topological polar surface area (TPSA) is 29.0 Å². The van der Waals surface area contributed by atoms with Crippen LogP contribution in [0.5, 0.6) is 0 Å². The average Bonchev–Trinajstić information content (AvgIpc) is 2.40. The van der Waals surface area contributed by atoms with Gasteiger partial charge >= 0.3 is 0 Å². The van der Waals surface area contributed by atoms with E-state index in [1.54, 1.807) is 6.33 Å². The van der Waals surface area contributed by atoms with Gasteiger partial charge in [0.1, 0.15) is 12.1 Å². The van der Waals surface area contributed by atoms with Gasteiger partial charge in [-0.15, -0.1) is 0 Å². The minimum Gasteiger partial charge on any atom is -0.356 e. The molecule has 2 aromatic rings. The van der Waals surface area contributed by atoms with Gasteiger partial charge in [-0.3, -0.25) is 0 Å². The van der Waals surface area contributed by atoms with Crippen molar-refractivity contribution in [3.63, 3.8) is 0 Å². The molecule has 0 N–H and O–H groups in total. The monoisotopic (exact) mass is 307 g/mol. The lowest BCUT2D eigenvalue weighted by atomic mass is 10.2. The molecule has 0 aliphatic rings. The molecule has 0 amide bonds. The first-order chi connectivity index (χ1) is 8.77. The Morgan fingerprint density at radius 1 is 1.22 bits per heavy atom. The van der Waals surface area contributed by atoms with Crippen molar-refractivity contribution in [1.82, 2.24) is 9.97 Å². The predicted molar refractivity (Wildman–Crippen MR) is 80.0 cm³/mol. The fourth-order valence-corrected chi connectivity index (χ4v) is 2.52. The Morgan fingerprint density at radius 3 is 2.78 bits per heavy atom. The van der Waals surface area contributed by atoms with Crippen molar-refractivity contribution in [2.75, 3.05) is 18.0 Å². The van der Waals surface area contributed by atoms with E-state index in [-0.39, 0.29) is 0 Å². The summed E-state index contributed by atoms with van der Waals surface area (Å²) in [5.74, 6) is 1.04. The van der Waals surface area contributed by atoms with E-state index in [2.05, 4.69) is 50.7 Å². The molecule has 18 heavy (non-hydrogen) atoms. The van der Waals surface area contributed by atoms with Gasteiger partial charge in [-0.2, -0.15) is 0 Å². The molecule has 3 nitrogen and oxygen atoms in total. The van der Waals surface area contributed by atoms with Gasteiger partial charge in [-0.1, -0.05) is 19.4 Å². The number of hydrogen-bond acceptors (Lipinski definition) is 3. The minimum atomic E-state index is 0.971. The van der Waals surface area contributed by atoms with Gasteiger partial charge < -0.3 is 4.90 Å². The number of rotatable bonds is 5. The molecule has 0 unspecified atom stereocenters. The van der Waals surface area contributed by atoms with Crippen LogP contribution in [0.1, 0.15) is 26.7 Å². The standard InChI is InChI=1S/C14H18BrN3/c1-3-5-9-18(4-2)14-11-7-6-8-12(15)13(11)16-10-17-14/h6-8,10H,3-5,9H2,1-2H3. The van der Waals surface area contributed by atoms with Crippen LogP contribution in [0.2, 0.25) is 0 Å². The molecule has 0 aliphatic carbocycles. The summed E-state index contributed by atoms with van der Waals surface area (Å²) in [5.41, 5.74) is 0.984. The van der Waals surface area contributed by atoms with E-state index in [9.17, 15) is 0 Å². The highest BCUT2D eigenvalue weighted by Gasteiger charge is 2.11. The van der Waals surface area contributed by atoms with E-state index in [1.807, 2.05) is 12.1 Å². The van der Waals surface area contributed by atoms with Crippen molar-refractivity contribution in [2.24, 2.45) is 0 Å². The maximum absolute atomic E-state index is 4.47. The summed E-state index contributed by atoms with van der Waals surface area (Å²) in [4.78, 5) is 11.1. The summed E-state index contributed by atoms with van der Waals surface area (Å²) >= 11 is 3.55. The molecule has 1 aromatic carbocycles. The maximum atomic E-state index is 4.47.